The number of piperidine rings is 1. The molecule has 1 N–H and O–H groups in total. The Balaban J connectivity index is 1.57. The first kappa shape index (κ1) is 17.8. The van der Waals surface area contributed by atoms with Gasteiger partial charge in [-0.2, -0.15) is 0 Å². The molecule has 7 nitrogen and oxygen atoms in total. The summed E-state index contributed by atoms with van der Waals surface area (Å²) in [6.07, 6.45) is 2.70. The lowest BCUT2D eigenvalue weighted by atomic mass is 10.1. The minimum Gasteiger partial charge on any atom is -0.381 e. The number of aromatic nitrogens is 2. The van der Waals surface area contributed by atoms with Crippen LogP contribution in [0.15, 0.2) is 6.07 Å². The molecule has 3 rings (SSSR count). The Morgan fingerprint density at radius 3 is 2.50 bits per heavy atom. The highest BCUT2D eigenvalue weighted by molar-refractivity contribution is 7.89. The Morgan fingerprint density at radius 2 is 1.88 bits per heavy atom. The van der Waals surface area contributed by atoms with Crippen molar-refractivity contribution in [3.8, 4) is 0 Å². The highest BCUT2D eigenvalue weighted by atomic mass is 35.5. The molecule has 0 radical (unpaired) electrons. The summed E-state index contributed by atoms with van der Waals surface area (Å²) in [5.74, 6) is 1.31. The van der Waals surface area contributed by atoms with Crippen LogP contribution in [-0.4, -0.2) is 60.3 Å². The first-order valence-corrected chi connectivity index (χ1v) is 10.2. The highest BCUT2D eigenvalue weighted by Crippen LogP contribution is 2.24. The summed E-state index contributed by atoms with van der Waals surface area (Å²) in [7, 11) is -3.22. The summed E-state index contributed by atoms with van der Waals surface area (Å²) < 4.78 is 32.3. The van der Waals surface area contributed by atoms with Gasteiger partial charge in [-0.05, 0) is 32.6 Å². The number of aryl methyl sites for hydroxylation is 1. The molecule has 1 aromatic heterocycles. The van der Waals surface area contributed by atoms with Crippen molar-refractivity contribution in [3.63, 3.8) is 0 Å². The molecule has 9 heteroatoms. The smallest absolute Gasteiger partial charge is 0.217 e. The predicted octanol–water partition coefficient (Wildman–Crippen LogP) is 1.82. The van der Waals surface area contributed by atoms with E-state index in [2.05, 4.69) is 15.3 Å². The van der Waals surface area contributed by atoms with Crippen molar-refractivity contribution in [2.75, 3.05) is 31.6 Å². The third-order valence-corrected chi connectivity index (χ3v) is 7.15. The standard InChI is InChI=1S/C15H23ClN4O3S/c1-11-17-14(16)10-15(18-11)19-12-2-6-20(7-3-12)24(21,22)13-4-8-23-9-5-13/h10,12-13H,2-9H2,1H3,(H,17,18,19). The maximum Gasteiger partial charge on any atom is 0.217 e. The molecule has 2 aliphatic heterocycles. The van der Waals surface area contributed by atoms with Crippen LogP contribution in [0, 0.1) is 6.92 Å². The maximum atomic E-state index is 12.7. The molecule has 0 saturated carbocycles. The average Bonchev–Trinajstić information content (AvgIpc) is 2.55. The van der Waals surface area contributed by atoms with Crippen LogP contribution >= 0.6 is 11.6 Å². The zero-order chi connectivity index (χ0) is 17.2. The molecule has 0 unspecified atom stereocenters. The molecule has 0 aliphatic carbocycles. The predicted molar refractivity (Wildman–Crippen MR) is 92.8 cm³/mol. The van der Waals surface area contributed by atoms with E-state index in [0.717, 1.165) is 12.8 Å². The van der Waals surface area contributed by atoms with E-state index in [1.165, 1.54) is 0 Å². The zero-order valence-electron chi connectivity index (χ0n) is 13.7. The summed E-state index contributed by atoms with van der Waals surface area (Å²) in [6, 6.07) is 1.89. The van der Waals surface area contributed by atoms with Gasteiger partial charge in [-0.1, -0.05) is 11.6 Å². The Bertz CT molecular complexity index is 651. The van der Waals surface area contributed by atoms with Crippen molar-refractivity contribution in [1.29, 1.82) is 0 Å². The van der Waals surface area contributed by atoms with Crippen LogP contribution < -0.4 is 5.32 Å². The van der Waals surface area contributed by atoms with Crippen LogP contribution in [0.2, 0.25) is 5.15 Å². The highest BCUT2D eigenvalue weighted by Gasteiger charge is 2.35. The normalized spacial score (nSPS) is 21.8. The van der Waals surface area contributed by atoms with Crippen LogP contribution in [0.5, 0.6) is 0 Å². The van der Waals surface area contributed by atoms with E-state index in [-0.39, 0.29) is 11.3 Å². The topological polar surface area (TPSA) is 84.4 Å². The minimum atomic E-state index is -3.22. The Morgan fingerprint density at radius 1 is 1.21 bits per heavy atom. The molecule has 0 bridgehead atoms. The molecule has 3 heterocycles. The largest absolute Gasteiger partial charge is 0.381 e. The number of ether oxygens (including phenoxy) is 1. The van der Waals surface area contributed by atoms with Crippen LogP contribution in [-0.2, 0) is 14.8 Å². The molecular formula is C15H23ClN4O3S. The van der Waals surface area contributed by atoms with E-state index in [1.807, 2.05) is 0 Å². The molecule has 0 spiro atoms. The van der Waals surface area contributed by atoms with Gasteiger partial charge in [0.1, 0.15) is 16.8 Å². The second-order valence-electron chi connectivity index (χ2n) is 6.30. The molecular weight excluding hydrogens is 352 g/mol. The molecule has 2 fully saturated rings. The van der Waals surface area contributed by atoms with Crippen LogP contribution in [0.25, 0.3) is 0 Å². The van der Waals surface area contributed by atoms with Gasteiger partial charge in [0.2, 0.25) is 10.0 Å². The summed E-state index contributed by atoms with van der Waals surface area (Å²) in [6.45, 7) is 3.94. The third kappa shape index (κ3) is 4.17. The molecule has 2 aliphatic rings. The minimum absolute atomic E-state index is 0.191. The molecule has 0 atom stereocenters. The number of nitrogens with zero attached hydrogens (tertiary/aromatic N) is 3. The van der Waals surface area contributed by atoms with Crippen molar-refractivity contribution < 1.29 is 13.2 Å². The van der Waals surface area contributed by atoms with E-state index in [9.17, 15) is 8.42 Å². The lowest BCUT2D eigenvalue weighted by molar-refractivity contribution is 0.0969. The summed E-state index contributed by atoms with van der Waals surface area (Å²) in [5, 5.41) is 3.45. The van der Waals surface area contributed by atoms with Gasteiger partial charge in [0.05, 0.1) is 5.25 Å². The van der Waals surface area contributed by atoms with Crippen molar-refractivity contribution in [1.82, 2.24) is 14.3 Å². The van der Waals surface area contributed by atoms with Crippen LogP contribution in [0.4, 0.5) is 5.82 Å². The number of rotatable bonds is 4. The first-order chi connectivity index (χ1) is 11.4. The zero-order valence-corrected chi connectivity index (χ0v) is 15.3. The van der Waals surface area contributed by atoms with Crippen molar-refractivity contribution in [2.45, 2.75) is 43.9 Å². The van der Waals surface area contributed by atoms with Crippen molar-refractivity contribution in [2.24, 2.45) is 0 Å². The number of sulfonamides is 1. The van der Waals surface area contributed by atoms with Gasteiger partial charge in [0.25, 0.3) is 0 Å². The Hall–Kier alpha value is -0.960. The molecule has 1 aromatic rings. The van der Waals surface area contributed by atoms with E-state index in [1.54, 1.807) is 17.3 Å². The van der Waals surface area contributed by atoms with Gasteiger partial charge in [0.15, 0.2) is 0 Å². The van der Waals surface area contributed by atoms with Crippen molar-refractivity contribution in [3.05, 3.63) is 17.0 Å². The number of anilines is 1. The average molecular weight is 375 g/mol. The summed E-state index contributed by atoms with van der Waals surface area (Å²) in [5.41, 5.74) is 0. The Kier molecular flexibility index (Phi) is 5.59. The van der Waals surface area contributed by atoms with Gasteiger partial charge in [-0.3, -0.25) is 0 Å². The fraction of sp³-hybridized carbons (Fsp3) is 0.733. The number of hydrogen-bond acceptors (Lipinski definition) is 6. The quantitative estimate of drug-likeness (QED) is 0.809. The van der Waals surface area contributed by atoms with Gasteiger partial charge >= 0.3 is 0 Å². The van der Waals surface area contributed by atoms with Crippen LogP contribution in [0.3, 0.4) is 0 Å². The van der Waals surface area contributed by atoms with E-state index in [4.69, 9.17) is 16.3 Å². The maximum absolute atomic E-state index is 12.7. The van der Waals surface area contributed by atoms with Gasteiger partial charge in [-0.15, -0.1) is 0 Å². The fourth-order valence-corrected chi connectivity index (χ4v) is 5.41. The van der Waals surface area contributed by atoms with E-state index < -0.39 is 10.0 Å². The fourth-order valence-electron chi connectivity index (χ4n) is 3.25. The molecule has 0 aromatic carbocycles. The first-order valence-electron chi connectivity index (χ1n) is 8.29. The number of hydrogen-bond donors (Lipinski definition) is 1. The Labute approximate surface area is 147 Å². The number of nitrogens with one attached hydrogen (secondary N) is 1. The molecule has 0 amide bonds. The van der Waals surface area contributed by atoms with Crippen LogP contribution in [0.1, 0.15) is 31.5 Å². The third-order valence-electron chi connectivity index (χ3n) is 4.56. The monoisotopic (exact) mass is 374 g/mol. The van der Waals surface area contributed by atoms with Crippen molar-refractivity contribution >= 4 is 27.4 Å². The number of halogens is 1. The second kappa shape index (κ2) is 7.51. The SMILES string of the molecule is Cc1nc(Cl)cc(NC2CCN(S(=O)(=O)C3CCOCC3)CC2)n1. The molecule has 24 heavy (non-hydrogen) atoms. The van der Waals surface area contributed by atoms with Gasteiger partial charge < -0.3 is 10.1 Å². The van der Waals surface area contributed by atoms with E-state index in [0.29, 0.717) is 55.9 Å². The lowest BCUT2D eigenvalue weighted by Gasteiger charge is -2.35. The second-order valence-corrected chi connectivity index (χ2v) is 8.90. The van der Waals surface area contributed by atoms with Gasteiger partial charge in [0, 0.05) is 38.4 Å². The lowest BCUT2D eigenvalue weighted by Crippen LogP contribution is -2.47. The summed E-state index contributed by atoms with van der Waals surface area (Å²) in [4.78, 5) is 8.36. The molecule has 2 saturated heterocycles. The van der Waals surface area contributed by atoms with Gasteiger partial charge in [-0.25, -0.2) is 22.7 Å². The van der Waals surface area contributed by atoms with E-state index >= 15 is 0 Å². The molecule has 134 valence electrons. The summed E-state index contributed by atoms with van der Waals surface area (Å²) >= 11 is 5.95.